The molecule has 0 aliphatic rings. The van der Waals surface area contributed by atoms with Crippen molar-refractivity contribution >= 4 is 50.1 Å². The number of hydrogen-bond acceptors (Lipinski definition) is 2. The van der Waals surface area contributed by atoms with Crippen LogP contribution in [0.1, 0.15) is 0 Å². The Morgan fingerprint density at radius 2 is 1.77 bits per heavy atom. The van der Waals surface area contributed by atoms with E-state index in [0.29, 0.717) is 0 Å². The van der Waals surface area contributed by atoms with Crippen LogP contribution in [0.4, 0.5) is 5.69 Å². The molecule has 7 heteroatoms. The van der Waals surface area contributed by atoms with E-state index < -0.39 is 10.9 Å². The smallest absolute Gasteiger partial charge is 0.258 e. The first-order chi connectivity index (χ1) is 5.93. The first-order valence-corrected chi connectivity index (χ1v) is 8.27. The first-order valence-electron chi connectivity index (χ1n) is 3.23. The Bertz CT molecular complexity index is 339. The topological polar surface area (TPSA) is 43.1 Å². The van der Waals surface area contributed by atoms with Crippen LogP contribution in [-0.2, 0) is 0 Å². The molecule has 0 radical (unpaired) electrons. The highest BCUT2D eigenvalue weighted by molar-refractivity contribution is 7.69. The van der Waals surface area contributed by atoms with Gasteiger partial charge in [0, 0.05) is 6.07 Å². The molecule has 0 aliphatic heterocycles. The normalized spacial score (nSPS) is 11.3. The SMILES string of the molecule is O=[N+]([O-])c1ccccc1[Si](Cl)(Cl)Cl. The highest BCUT2D eigenvalue weighted by atomic mass is 35.8. The maximum Gasteiger partial charge on any atom is 0.379 e. The van der Waals surface area contributed by atoms with E-state index in [1.54, 1.807) is 6.07 Å². The van der Waals surface area contributed by atoms with Gasteiger partial charge in [0.05, 0.1) is 10.1 Å². The maximum absolute atomic E-state index is 10.5. The van der Waals surface area contributed by atoms with Crippen molar-refractivity contribution in [3.05, 3.63) is 34.4 Å². The Kier molecular flexibility index (Phi) is 3.18. The number of nitro benzene ring substituents is 1. The zero-order chi connectivity index (χ0) is 10.1. The molecule has 0 unspecified atom stereocenters. The summed E-state index contributed by atoms with van der Waals surface area (Å²) in [4.78, 5) is 9.97. The third-order valence-corrected chi connectivity index (χ3v) is 4.27. The van der Waals surface area contributed by atoms with Gasteiger partial charge in [-0.15, -0.1) is 33.2 Å². The summed E-state index contributed by atoms with van der Waals surface area (Å²) >= 11 is 17.0. The molecule has 0 aromatic heterocycles. The van der Waals surface area contributed by atoms with Gasteiger partial charge in [-0.25, -0.2) is 0 Å². The predicted molar refractivity (Wildman–Crippen MR) is 56.0 cm³/mol. The number of rotatable bonds is 2. The van der Waals surface area contributed by atoms with E-state index in [1.165, 1.54) is 18.2 Å². The van der Waals surface area contributed by atoms with Crippen LogP contribution in [0.5, 0.6) is 0 Å². The van der Waals surface area contributed by atoms with E-state index in [0.717, 1.165) is 0 Å². The molecule has 1 aromatic rings. The standard InChI is InChI=1S/C6H4Cl3NO2Si/c7-13(8,9)6-4-2-1-3-5(6)10(11)12/h1-4H. The van der Waals surface area contributed by atoms with Gasteiger partial charge in [0.15, 0.2) is 0 Å². The summed E-state index contributed by atoms with van der Waals surface area (Å²) in [6.07, 6.45) is 0. The van der Waals surface area contributed by atoms with Gasteiger partial charge in [0.1, 0.15) is 0 Å². The largest absolute Gasteiger partial charge is 0.379 e. The highest BCUT2D eigenvalue weighted by Crippen LogP contribution is 2.24. The zero-order valence-corrected chi connectivity index (χ0v) is 9.47. The maximum atomic E-state index is 10.5. The molecule has 0 heterocycles. The average Bonchev–Trinajstić information content (AvgIpc) is 2.03. The fourth-order valence-electron chi connectivity index (χ4n) is 0.873. The van der Waals surface area contributed by atoms with E-state index in [-0.39, 0.29) is 10.9 Å². The summed E-state index contributed by atoms with van der Waals surface area (Å²) in [6, 6.07) is 2.77. The number of para-hydroxylation sites is 1. The lowest BCUT2D eigenvalue weighted by Gasteiger charge is -2.07. The summed E-state index contributed by atoms with van der Waals surface area (Å²) < 4.78 is 0. The molecule has 1 rings (SSSR count). The molecule has 0 aliphatic carbocycles. The average molecular weight is 257 g/mol. The molecule has 0 N–H and O–H groups in total. The van der Waals surface area contributed by atoms with Crippen LogP contribution >= 0.6 is 33.2 Å². The van der Waals surface area contributed by atoms with Crippen LogP contribution in [0.3, 0.4) is 0 Å². The van der Waals surface area contributed by atoms with Gasteiger partial charge in [-0.3, -0.25) is 10.1 Å². The summed E-state index contributed by atoms with van der Waals surface area (Å²) in [5.41, 5.74) is -0.130. The van der Waals surface area contributed by atoms with Crippen LogP contribution < -0.4 is 5.19 Å². The lowest BCUT2D eigenvalue weighted by Crippen LogP contribution is -2.32. The second kappa shape index (κ2) is 3.83. The zero-order valence-electron chi connectivity index (χ0n) is 6.21. The number of nitro groups is 1. The van der Waals surface area contributed by atoms with Gasteiger partial charge in [-0.1, -0.05) is 18.2 Å². The molecule has 0 saturated carbocycles. The second-order valence-electron chi connectivity index (χ2n) is 2.27. The molecule has 70 valence electrons. The lowest BCUT2D eigenvalue weighted by atomic mass is 10.3. The predicted octanol–water partition coefficient (Wildman–Crippen LogP) is 2.46. The Morgan fingerprint density at radius 3 is 2.15 bits per heavy atom. The first kappa shape index (κ1) is 10.8. The van der Waals surface area contributed by atoms with Crippen molar-refractivity contribution < 1.29 is 4.92 Å². The summed E-state index contributed by atoms with van der Waals surface area (Å²) in [7, 11) is 0. The monoisotopic (exact) mass is 255 g/mol. The molecule has 13 heavy (non-hydrogen) atoms. The number of nitrogens with zero attached hydrogens (tertiary/aromatic N) is 1. The van der Waals surface area contributed by atoms with Crippen LogP contribution in [0, 0.1) is 10.1 Å². The molecule has 0 fully saturated rings. The van der Waals surface area contributed by atoms with Crippen LogP contribution in [0.2, 0.25) is 0 Å². The minimum Gasteiger partial charge on any atom is -0.258 e. The summed E-state index contributed by atoms with van der Waals surface area (Å²) in [5.74, 6) is 0. The fraction of sp³-hybridized carbons (Fsp3) is 0. The van der Waals surface area contributed by atoms with Crippen LogP contribution in [-0.4, -0.2) is 10.9 Å². The number of benzene rings is 1. The van der Waals surface area contributed by atoms with E-state index >= 15 is 0 Å². The molecule has 0 atom stereocenters. The van der Waals surface area contributed by atoms with Gasteiger partial charge in [0.2, 0.25) is 0 Å². The van der Waals surface area contributed by atoms with Crippen molar-refractivity contribution in [2.75, 3.05) is 0 Å². The summed E-state index contributed by atoms with van der Waals surface area (Å²) in [6.45, 7) is 0. The lowest BCUT2D eigenvalue weighted by molar-refractivity contribution is -0.383. The highest BCUT2D eigenvalue weighted by Gasteiger charge is 2.35. The Labute approximate surface area is 89.5 Å². The quantitative estimate of drug-likeness (QED) is 0.353. The van der Waals surface area contributed by atoms with Crippen LogP contribution in [0.15, 0.2) is 24.3 Å². The molecule has 1 aromatic carbocycles. The van der Waals surface area contributed by atoms with Crippen molar-refractivity contribution in [1.82, 2.24) is 0 Å². The van der Waals surface area contributed by atoms with Crippen LogP contribution in [0.25, 0.3) is 0 Å². The molecular weight excluding hydrogens is 253 g/mol. The van der Waals surface area contributed by atoms with E-state index in [9.17, 15) is 10.1 Å². The van der Waals surface area contributed by atoms with E-state index in [4.69, 9.17) is 33.2 Å². The second-order valence-corrected chi connectivity index (χ2v) is 10.6. The third-order valence-electron chi connectivity index (χ3n) is 1.41. The minimum absolute atomic E-state index is 0.130. The van der Waals surface area contributed by atoms with Crippen molar-refractivity contribution in [3.8, 4) is 0 Å². The van der Waals surface area contributed by atoms with E-state index in [2.05, 4.69) is 0 Å². The van der Waals surface area contributed by atoms with Crippen molar-refractivity contribution in [3.63, 3.8) is 0 Å². The minimum atomic E-state index is -3.17. The van der Waals surface area contributed by atoms with Crippen molar-refractivity contribution in [2.24, 2.45) is 0 Å². The molecule has 0 spiro atoms. The van der Waals surface area contributed by atoms with Gasteiger partial charge in [-0.05, 0) is 0 Å². The van der Waals surface area contributed by atoms with Gasteiger partial charge in [-0.2, -0.15) is 0 Å². The van der Waals surface area contributed by atoms with Gasteiger partial charge < -0.3 is 0 Å². The Balaban J connectivity index is 3.28. The molecule has 3 nitrogen and oxygen atoms in total. The molecule has 0 saturated heterocycles. The Morgan fingerprint density at radius 1 is 1.23 bits per heavy atom. The Hall–Kier alpha value is -0.293. The summed E-state index contributed by atoms with van der Waals surface area (Å²) in [5, 5.41) is 10.7. The molecule has 0 bridgehead atoms. The van der Waals surface area contributed by atoms with Gasteiger partial charge in [0.25, 0.3) is 5.69 Å². The van der Waals surface area contributed by atoms with Crippen molar-refractivity contribution in [1.29, 1.82) is 0 Å². The number of halogens is 3. The molecule has 0 amide bonds. The third kappa shape index (κ3) is 2.57. The number of hydrogen-bond donors (Lipinski definition) is 0. The molecular formula is C6H4Cl3NO2Si. The van der Waals surface area contributed by atoms with Crippen molar-refractivity contribution in [2.45, 2.75) is 0 Å². The fourth-order valence-corrected chi connectivity index (χ4v) is 3.06. The van der Waals surface area contributed by atoms with Gasteiger partial charge >= 0.3 is 6.00 Å². The van der Waals surface area contributed by atoms with E-state index in [1.807, 2.05) is 0 Å².